The SMILES string of the molecule is C=C=C[C@H](C(C)C)N(CCOC1CCCCO1)S(=O)(=O)c1c(C)cc(C)cc1C. The third-order valence-electron chi connectivity index (χ3n) is 5.23. The Balaban J connectivity index is 2.36. The van der Waals surface area contributed by atoms with Crippen LogP contribution in [-0.2, 0) is 19.5 Å². The predicted molar refractivity (Wildman–Crippen MR) is 116 cm³/mol. The standard InChI is InChI=1S/C23H35NO4S/c1-7-10-21(17(2)3)24(12-14-28-22-11-8-9-13-27-22)29(25,26)23-19(5)15-18(4)16-20(23)6/h10,15-17,21-22H,1,8-9,11-14H2,2-6H3/t21-,22?/m1/s1. The molecular weight excluding hydrogens is 386 g/mol. The fourth-order valence-electron chi connectivity index (χ4n) is 3.97. The van der Waals surface area contributed by atoms with Gasteiger partial charge in [0.1, 0.15) is 0 Å². The molecule has 0 N–H and O–H groups in total. The van der Waals surface area contributed by atoms with Crippen molar-refractivity contribution in [3.63, 3.8) is 0 Å². The molecule has 162 valence electrons. The first kappa shape index (κ1) is 23.8. The average molecular weight is 422 g/mol. The van der Waals surface area contributed by atoms with Crippen LogP contribution in [0.2, 0.25) is 0 Å². The fraction of sp³-hybridized carbons (Fsp3) is 0.609. The van der Waals surface area contributed by atoms with E-state index in [9.17, 15) is 8.42 Å². The van der Waals surface area contributed by atoms with E-state index in [1.807, 2.05) is 46.8 Å². The van der Waals surface area contributed by atoms with Crippen LogP contribution in [0.5, 0.6) is 0 Å². The van der Waals surface area contributed by atoms with E-state index in [1.165, 1.54) is 4.31 Å². The van der Waals surface area contributed by atoms with Gasteiger partial charge >= 0.3 is 0 Å². The van der Waals surface area contributed by atoms with Crippen LogP contribution in [0.25, 0.3) is 0 Å². The van der Waals surface area contributed by atoms with Gasteiger partial charge in [-0.05, 0) is 63.2 Å². The molecule has 5 nitrogen and oxygen atoms in total. The maximum atomic E-state index is 13.8. The lowest BCUT2D eigenvalue weighted by molar-refractivity contribution is -0.163. The van der Waals surface area contributed by atoms with E-state index in [-0.39, 0.29) is 31.4 Å². The minimum atomic E-state index is -3.74. The number of ether oxygens (including phenoxy) is 2. The second-order valence-electron chi connectivity index (χ2n) is 8.12. The van der Waals surface area contributed by atoms with E-state index in [0.717, 1.165) is 36.0 Å². The molecule has 2 rings (SSSR count). The van der Waals surface area contributed by atoms with E-state index < -0.39 is 10.0 Å². The first-order valence-electron chi connectivity index (χ1n) is 10.4. The van der Waals surface area contributed by atoms with Crippen molar-refractivity contribution in [1.29, 1.82) is 0 Å². The Morgan fingerprint density at radius 3 is 2.45 bits per heavy atom. The van der Waals surface area contributed by atoms with Gasteiger partial charge in [0.2, 0.25) is 10.0 Å². The largest absolute Gasteiger partial charge is 0.353 e. The van der Waals surface area contributed by atoms with Gasteiger partial charge in [-0.25, -0.2) is 8.42 Å². The molecule has 1 unspecified atom stereocenters. The summed E-state index contributed by atoms with van der Waals surface area (Å²) < 4.78 is 40.5. The number of rotatable bonds is 9. The Kier molecular flexibility index (Phi) is 8.68. The number of hydrogen-bond acceptors (Lipinski definition) is 4. The zero-order valence-corrected chi connectivity index (χ0v) is 19.2. The highest BCUT2D eigenvalue weighted by Crippen LogP contribution is 2.28. The van der Waals surface area contributed by atoms with Crippen molar-refractivity contribution in [2.75, 3.05) is 19.8 Å². The van der Waals surface area contributed by atoms with Crippen LogP contribution < -0.4 is 0 Å². The van der Waals surface area contributed by atoms with Crippen molar-refractivity contribution < 1.29 is 17.9 Å². The molecule has 0 amide bonds. The lowest BCUT2D eigenvalue weighted by Gasteiger charge is -2.33. The molecule has 1 aliphatic heterocycles. The molecule has 1 heterocycles. The van der Waals surface area contributed by atoms with Gasteiger partial charge in [-0.15, -0.1) is 5.73 Å². The molecule has 1 aliphatic rings. The molecule has 1 aromatic carbocycles. The smallest absolute Gasteiger partial charge is 0.244 e. The molecule has 6 heteroatoms. The van der Waals surface area contributed by atoms with Gasteiger partial charge in [0, 0.05) is 13.2 Å². The molecule has 1 aromatic rings. The van der Waals surface area contributed by atoms with Gasteiger partial charge in [-0.1, -0.05) is 38.1 Å². The van der Waals surface area contributed by atoms with Gasteiger partial charge in [0.25, 0.3) is 0 Å². The Morgan fingerprint density at radius 1 is 1.28 bits per heavy atom. The Bertz CT molecular complexity index is 811. The third kappa shape index (κ3) is 6.03. The van der Waals surface area contributed by atoms with Gasteiger partial charge in [-0.2, -0.15) is 4.31 Å². The van der Waals surface area contributed by atoms with E-state index >= 15 is 0 Å². The molecule has 0 aromatic heterocycles. The zero-order valence-electron chi connectivity index (χ0n) is 18.4. The van der Waals surface area contributed by atoms with Crippen molar-refractivity contribution in [3.05, 3.63) is 47.2 Å². The quantitative estimate of drug-likeness (QED) is 0.551. The Labute approximate surface area is 176 Å². The molecule has 0 spiro atoms. The summed E-state index contributed by atoms with van der Waals surface area (Å²) >= 11 is 0. The highest BCUT2D eigenvalue weighted by molar-refractivity contribution is 7.89. The summed E-state index contributed by atoms with van der Waals surface area (Å²) in [5.74, 6) is 0.0658. The van der Waals surface area contributed by atoms with Gasteiger partial charge < -0.3 is 9.47 Å². The summed E-state index contributed by atoms with van der Waals surface area (Å²) in [5.41, 5.74) is 5.35. The van der Waals surface area contributed by atoms with Crippen LogP contribution in [0, 0.1) is 26.7 Å². The molecule has 0 aliphatic carbocycles. The summed E-state index contributed by atoms with van der Waals surface area (Å²) in [4.78, 5) is 0.375. The number of aryl methyl sites for hydroxylation is 3. The number of nitrogens with zero attached hydrogens (tertiary/aromatic N) is 1. The van der Waals surface area contributed by atoms with Crippen LogP contribution in [-0.4, -0.2) is 44.8 Å². The second kappa shape index (κ2) is 10.6. The van der Waals surface area contributed by atoms with Crippen LogP contribution >= 0.6 is 0 Å². The summed E-state index contributed by atoms with van der Waals surface area (Å²) in [5, 5.41) is 0. The second-order valence-corrected chi connectivity index (χ2v) is 9.94. The van der Waals surface area contributed by atoms with E-state index in [0.29, 0.717) is 11.5 Å². The molecule has 1 fully saturated rings. The maximum absolute atomic E-state index is 13.8. The van der Waals surface area contributed by atoms with Gasteiger partial charge in [-0.3, -0.25) is 0 Å². The normalized spacial score (nSPS) is 18.7. The molecular formula is C23H35NO4S. The van der Waals surface area contributed by atoms with Gasteiger partial charge in [0.05, 0.1) is 17.5 Å². The first-order valence-corrected chi connectivity index (χ1v) is 11.8. The molecule has 0 saturated carbocycles. The highest BCUT2D eigenvalue weighted by atomic mass is 32.2. The molecule has 0 bridgehead atoms. The van der Waals surface area contributed by atoms with Crippen molar-refractivity contribution in [3.8, 4) is 0 Å². The van der Waals surface area contributed by atoms with Crippen molar-refractivity contribution in [1.82, 2.24) is 4.31 Å². The van der Waals surface area contributed by atoms with Gasteiger partial charge in [0.15, 0.2) is 6.29 Å². The summed E-state index contributed by atoms with van der Waals surface area (Å²) in [6.45, 7) is 14.6. The lowest BCUT2D eigenvalue weighted by atomic mass is 10.0. The first-order chi connectivity index (χ1) is 13.7. The van der Waals surface area contributed by atoms with Crippen molar-refractivity contribution >= 4 is 10.0 Å². The lowest BCUT2D eigenvalue weighted by Crippen LogP contribution is -2.44. The monoisotopic (exact) mass is 421 g/mol. The van der Waals surface area contributed by atoms with E-state index in [4.69, 9.17) is 9.47 Å². The third-order valence-corrected chi connectivity index (χ3v) is 7.43. The Hall–Kier alpha value is -1.43. The molecule has 1 saturated heterocycles. The number of benzene rings is 1. The van der Waals surface area contributed by atoms with Crippen molar-refractivity contribution in [2.45, 2.75) is 71.1 Å². The zero-order chi connectivity index (χ0) is 21.6. The minimum absolute atomic E-state index is 0.0658. The average Bonchev–Trinajstić information content (AvgIpc) is 2.63. The van der Waals surface area contributed by atoms with Crippen molar-refractivity contribution in [2.24, 2.45) is 5.92 Å². The van der Waals surface area contributed by atoms with Crippen LogP contribution in [0.15, 0.2) is 35.4 Å². The highest BCUT2D eigenvalue weighted by Gasteiger charge is 2.34. The summed E-state index contributed by atoms with van der Waals surface area (Å²) in [6.07, 6.45) is 4.46. The number of sulfonamides is 1. The van der Waals surface area contributed by atoms with E-state index in [2.05, 4.69) is 12.3 Å². The summed E-state index contributed by atoms with van der Waals surface area (Å²) in [7, 11) is -3.74. The number of hydrogen-bond donors (Lipinski definition) is 0. The maximum Gasteiger partial charge on any atom is 0.244 e. The minimum Gasteiger partial charge on any atom is -0.353 e. The summed E-state index contributed by atoms with van der Waals surface area (Å²) in [6, 6.07) is 3.48. The van der Waals surface area contributed by atoms with Crippen LogP contribution in [0.1, 0.15) is 49.8 Å². The Morgan fingerprint density at radius 2 is 1.93 bits per heavy atom. The van der Waals surface area contributed by atoms with E-state index in [1.54, 1.807) is 6.08 Å². The van der Waals surface area contributed by atoms with Crippen LogP contribution in [0.4, 0.5) is 0 Å². The fourth-order valence-corrected chi connectivity index (χ4v) is 6.07. The molecule has 0 radical (unpaired) electrons. The molecule has 2 atom stereocenters. The predicted octanol–water partition coefficient (Wildman–Crippen LogP) is 4.51. The molecule has 29 heavy (non-hydrogen) atoms. The van der Waals surface area contributed by atoms with Crippen LogP contribution in [0.3, 0.4) is 0 Å². The topological polar surface area (TPSA) is 55.8 Å².